The zero-order valence-electron chi connectivity index (χ0n) is 23.3. The van der Waals surface area contributed by atoms with Crippen LogP contribution in [0.1, 0.15) is 72.6 Å². The fourth-order valence-corrected chi connectivity index (χ4v) is 10.3. The van der Waals surface area contributed by atoms with E-state index >= 15 is 0 Å². The molecule has 8 N–H and O–H groups in total. The Morgan fingerprint density at radius 3 is 2.13 bits per heavy atom. The average molecular weight is 581 g/mol. The van der Waals surface area contributed by atoms with Crippen molar-refractivity contribution in [2.75, 3.05) is 6.61 Å². The molecule has 0 aromatic rings. The first kappa shape index (κ1) is 31.5. The zero-order chi connectivity index (χ0) is 29.3. The standard InChI is InChI=1S/C27H48O11S/c1-13(12-28)6-5-7-14(2)17-20(31)21(32)23-26(17,4)11-9-16-25(3)10-8-15(29)19(30)18(25)22(38-39(35,36)37)24(33)27(16,23)34/h13-24,28-34H,5-12H2,1-4H3,(H,35,36,37). The molecule has 39 heavy (non-hydrogen) atoms. The second kappa shape index (κ2) is 10.7. The molecule has 0 radical (unpaired) electrons. The van der Waals surface area contributed by atoms with Crippen LogP contribution >= 0.6 is 0 Å². The third-order valence-electron chi connectivity index (χ3n) is 11.5. The zero-order valence-corrected chi connectivity index (χ0v) is 24.1. The third-order valence-corrected chi connectivity index (χ3v) is 12.0. The van der Waals surface area contributed by atoms with Gasteiger partial charge in [0.05, 0.1) is 24.4 Å². The molecule has 12 heteroatoms. The molecule has 0 aromatic carbocycles. The molecule has 15 atom stereocenters. The number of fused-ring (bicyclic) bond motifs is 5. The molecule has 228 valence electrons. The van der Waals surface area contributed by atoms with Crippen molar-refractivity contribution in [3.8, 4) is 0 Å². The molecule has 0 bridgehead atoms. The summed E-state index contributed by atoms with van der Waals surface area (Å²) in [5.41, 5.74) is -3.96. The van der Waals surface area contributed by atoms with Crippen LogP contribution in [0.3, 0.4) is 0 Å². The first-order valence-corrected chi connectivity index (χ1v) is 15.7. The van der Waals surface area contributed by atoms with Crippen molar-refractivity contribution in [3.63, 3.8) is 0 Å². The third kappa shape index (κ3) is 4.90. The van der Waals surface area contributed by atoms with Crippen molar-refractivity contribution < 1.29 is 52.9 Å². The number of aliphatic hydroxyl groups is 7. The van der Waals surface area contributed by atoms with E-state index in [1.807, 2.05) is 20.8 Å². The molecule has 4 rings (SSSR count). The minimum atomic E-state index is -5.14. The lowest BCUT2D eigenvalue weighted by molar-refractivity contribution is -0.318. The van der Waals surface area contributed by atoms with Crippen LogP contribution in [0.2, 0.25) is 0 Å². The van der Waals surface area contributed by atoms with E-state index in [-0.39, 0.29) is 31.3 Å². The van der Waals surface area contributed by atoms with Gasteiger partial charge in [-0.2, -0.15) is 8.42 Å². The lowest BCUT2D eigenvalue weighted by atomic mass is 9.40. The van der Waals surface area contributed by atoms with Gasteiger partial charge in [0.2, 0.25) is 0 Å². The maximum absolute atomic E-state index is 12.5. The second-order valence-corrected chi connectivity index (χ2v) is 14.8. The van der Waals surface area contributed by atoms with Gasteiger partial charge in [-0.05, 0) is 66.6 Å². The van der Waals surface area contributed by atoms with Crippen molar-refractivity contribution in [1.29, 1.82) is 0 Å². The summed E-state index contributed by atoms with van der Waals surface area (Å²) in [6.45, 7) is 7.69. The molecular formula is C27H48O11S. The molecule has 4 aliphatic rings. The van der Waals surface area contributed by atoms with Gasteiger partial charge in [-0.25, -0.2) is 4.18 Å². The SMILES string of the molecule is CC(CO)CCCC(C)C1C(O)C(O)C2C1(C)CCC1C3(C)CCC(O)C(O)C3C(OS(=O)(=O)O)C(O)C12O. The van der Waals surface area contributed by atoms with E-state index in [1.54, 1.807) is 6.92 Å². The molecule has 15 unspecified atom stereocenters. The highest BCUT2D eigenvalue weighted by Crippen LogP contribution is 2.70. The lowest BCUT2D eigenvalue weighted by Crippen LogP contribution is -2.77. The number of hydrogen-bond acceptors (Lipinski definition) is 10. The summed E-state index contributed by atoms with van der Waals surface area (Å²) in [6.07, 6.45) is -5.37. The summed E-state index contributed by atoms with van der Waals surface area (Å²) < 4.78 is 38.3. The Bertz CT molecular complexity index is 994. The molecule has 11 nitrogen and oxygen atoms in total. The van der Waals surface area contributed by atoms with E-state index in [2.05, 4.69) is 0 Å². The van der Waals surface area contributed by atoms with Gasteiger partial charge in [0, 0.05) is 18.4 Å². The Balaban J connectivity index is 1.75. The summed E-state index contributed by atoms with van der Waals surface area (Å²) in [7, 11) is -5.14. The van der Waals surface area contributed by atoms with Crippen molar-refractivity contribution >= 4 is 10.4 Å². The van der Waals surface area contributed by atoms with Gasteiger partial charge in [0.25, 0.3) is 0 Å². The largest absolute Gasteiger partial charge is 0.397 e. The van der Waals surface area contributed by atoms with Crippen LogP contribution in [-0.4, -0.2) is 97.5 Å². The quantitative estimate of drug-likeness (QED) is 0.183. The molecule has 0 heterocycles. The Labute approximate surface area is 231 Å². The molecule has 0 saturated heterocycles. The highest BCUT2D eigenvalue weighted by Gasteiger charge is 2.77. The highest BCUT2D eigenvalue weighted by atomic mass is 32.3. The van der Waals surface area contributed by atoms with Gasteiger partial charge >= 0.3 is 10.4 Å². The van der Waals surface area contributed by atoms with Crippen LogP contribution in [0.25, 0.3) is 0 Å². The Morgan fingerprint density at radius 1 is 0.923 bits per heavy atom. The molecule has 0 aliphatic heterocycles. The average Bonchev–Trinajstić information content (AvgIpc) is 3.04. The van der Waals surface area contributed by atoms with E-state index in [4.69, 9.17) is 4.18 Å². The van der Waals surface area contributed by atoms with Crippen molar-refractivity contribution in [1.82, 2.24) is 0 Å². The summed E-state index contributed by atoms with van der Waals surface area (Å²) in [4.78, 5) is 0. The molecule has 0 amide bonds. The van der Waals surface area contributed by atoms with E-state index in [9.17, 15) is 48.7 Å². The summed E-state index contributed by atoms with van der Waals surface area (Å²) in [5.74, 6) is -3.23. The highest BCUT2D eigenvalue weighted by molar-refractivity contribution is 7.80. The second-order valence-electron chi connectivity index (χ2n) is 13.7. The maximum Gasteiger partial charge on any atom is 0.397 e. The van der Waals surface area contributed by atoms with Crippen LogP contribution in [0.15, 0.2) is 0 Å². The van der Waals surface area contributed by atoms with Crippen molar-refractivity contribution in [3.05, 3.63) is 0 Å². The predicted octanol–water partition coefficient (Wildman–Crippen LogP) is 0.237. The first-order chi connectivity index (χ1) is 17.9. The van der Waals surface area contributed by atoms with Gasteiger partial charge in [-0.1, -0.05) is 40.5 Å². The topological polar surface area (TPSA) is 205 Å². The first-order valence-electron chi connectivity index (χ1n) is 14.3. The van der Waals surface area contributed by atoms with E-state index < -0.39 is 87.1 Å². The van der Waals surface area contributed by atoms with Gasteiger partial charge in [0.15, 0.2) is 0 Å². The fraction of sp³-hybridized carbons (Fsp3) is 1.00. The van der Waals surface area contributed by atoms with Crippen LogP contribution in [0, 0.1) is 46.3 Å². The van der Waals surface area contributed by atoms with Gasteiger partial charge in [-0.3, -0.25) is 4.55 Å². The van der Waals surface area contributed by atoms with Crippen molar-refractivity contribution in [2.24, 2.45) is 46.3 Å². The molecule has 0 spiro atoms. The summed E-state index contributed by atoms with van der Waals surface area (Å²) in [6, 6.07) is 0. The Morgan fingerprint density at radius 2 is 1.54 bits per heavy atom. The van der Waals surface area contributed by atoms with Gasteiger partial charge in [-0.15, -0.1) is 0 Å². The lowest BCUT2D eigenvalue weighted by Gasteiger charge is -2.68. The molecule has 4 saturated carbocycles. The number of aliphatic hydroxyl groups excluding tert-OH is 6. The minimum absolute atomic E-state index is 0.0590. The van der Waals surface area contributed by atoms with Crippen LogP contribution < -0.4 is 0 Å². The van der Waals surface area contributed by atoms with Crippen LogP contribution in [0.5, 0.6) is 0 Å². The monoisotopic (exact) mass is 580 g/mol. The minimum Gasteiger partial charge on any atom is -0.396 e. The smallest absolute Gasteiger partial charge is 0.396 e. The van der Waals surface area contributed by atoms with E-state index in [0.29, 0.717) is 12.8 Å². The van der Waals surface area contributed by atoms with E-state index in [0.717, 1.165) is 19.3 Å². The summed E-state index contributed by atoms with van der Waals surface area (Å²) in [5, 5.41) is 77.9. The van der Waals surface area contributed by atoms with Crippen LogP contribution in [0.4, 0.5) is 0 Å². The number of hydrogen-bond donors (Lipinski definition) is 8. The predicted molar refractivity (Wildman–Crippen MR) is 139 cm³/mol. The van der Waals surface area contributed by atoms with Gasteiger partial charge in [0.1, 0.15) is 17.8 Å². The molecule has 4 aliphatic carbocycles. The Kier molecular flexibility index (Phi) is 8.65. The Hall–Kier alpha value is -0.410. The molecule has 4 fully saturated rings. The molecular weight excluding hydrogens is 532 g/mol. The van der Waals surface area contributed by atoms with Crippen molar-refractivity contribution in [2.45, 2.75) is 115 Å². The number of rotatable bonds is 8. The van der Waals surface area contributed by atoms with E-state index in [1.165, 1.54) is 0 Å². The molecule has 0 aromatic heterocycles. The maximum atomic E-state index is 12.5. The van der Waals surface area contributed by atoms with Crippen LogP contribution in [-0.2, 0) is 14.6 Å². The normalized spacial score (nSPS) is 51.5. The van der Waals surface area contributed by atoms with Gasteiger partial charge < -0.3 is 35.7 Å². The summed E-state index contributed by atoms with van der Waals surface area (Å²) >= 11 is 0. The fourth-order valence-electron chi connectivity index (χ4n) is 9.83.